The Labute approximate surface area is 112 Å². The second kappa shape index (κ2) is 5.70. The van der Waals surface area contributed by atoms with E-state index >= 15 is 0 Å². The van der Waals surface area contributed by atoms with E-state index in [0.29, 0.717) is 24.5 Å². The second-order valence-electron chi connectivity index (χ2n) is 5.16. The van der Waals surface area contributed by atoms with Crippen molar-refractivity contribution >= 4 is 5.97 Å². The zero-order chi connectivity index (χ0) is 13.9. The van der Waals surface area contributed by atoms with E-state index < -0.39 is 5.41 Å². The summed E-state index contributed by atoms with van der Waals surface area (Å²) in [7, 11) is 0. The fourth-order valence-electron chi connectivity index (χ4n) is 2.47. The van der Waals surface area contributed by atoms with Crippen LogP contribution in [-0.4, -0.2) is 19.1 Å². The molecule has 1 saturated carbocycles. The van der Waals surface area contributed by atoms with Crippen molar-refractivity contribution in [1.82, 2.24) is 0 Å². The van der Waals surface area contributed by atoms with E-state index in [2.05, 4.69) is 0 Å². The largest absolute Gasteiger partial charge is 0.465 e. The molecule has 0 spiro atoms. The summed E-state index contributed by atoms with van der Waals surface area (Å²) in [6.07, 6.45) is 2.86. The highest BCUT2D eigenvalue weighted by Gasteiger charge is 2.44. The molecule has 0 saturated heterocycles. The molecule has 0 aromatic heterocycles. The number of hydrogen-bond donors (Lipinski definition) is 1. The third-order valence-corrected chi connectivity index (χ3v) is 3.73. The van der Waals surface area contributed by atoms with Crippen molar-refractivity contribution in [3.8, 4) is 0 Å². The van der Waals surface area contributed by atoms with Gasteiger partial charge in [-0.05, 0) is 37.0 Å². The second-order valence-corrected chi connectivity index (χ2v) is 5.16. The maximum atomic E-state index is 13.4. The quantitative estimate of drug-likeness (QED) is 0.803. The van der Waals surface area contributed by atoms with Crippen LogP contribution in [0.1, 0.15) is 31.7 Å². The summed E-state index contributed by atoms with van der Waals surface area (Å²) in [6, 6.07) is 6.13. The van der Waals surface area contributed by atoms with E-state index in [1.165, 1.54) is 12.1 Å². The van der Waals surface area contributed by atoms with Crippen LogP contribution in [0.5, 0.6) is 0 Å². The van der Waals surface area contributed by atoms with Crippen LogP contribution in [0.15, 0.2) is 24.3 Å². The van der Waals surface area contributed by atoms with Crippen molar-refractivity contribution in [2.24, 2.45) is 11.7 Å². The van der Waals surface area contributed by atoms with Gasteiger partial charge < -0.3 is 10.5 Å². The first-order chi connectivity index (χ1) is 9.12. The summed E-state index contributed by atoms with van der Waals surface area (Å²) in [4.78, 5) is 12.3. The topological polar surface area (TPSA) is 52.3 Å². The van der Waals surface area contributed by atoms with Gasteiger partial charge in [0.2, 0.25) is 0 Å². The van der Waals surface area contributed by atoms with Gasteiger partial charge in [-0.2, -0.15) is 0 Å². The molecule has 0 bridgehead atoms. The maximum absolute atomic E-state index is 13.4. The maximum Gasteiger partial charge on any atom is 0.317 e. The van der Waals surface area contributed by atoms with Crippen LogP contribution in [0, 0.1) is 11.7 Å². The van der Waals surface area contributed by atoms with E-state index in [4.69, 9.17) is 10.5 Å². The average molecular weight is 265 g/mol. The molecule has 1 atom stereocenters. The van der Waals surface area contributed by atoms with E-state index in [1.807, 2.05) is 0 Å². The average Bonchev–Trinajstić information content (AvgIpc) is 3.20. The molecule has 0 amide bonds. The molecule has 1 aliphatic rings. The van der Waals surface area contributed by atoms with Crippen LogP contribution < -0.4 is 5.73 Å². The van der Waals surface area contributed by atoms with Crippen molar-refractivity contribution in [2.45, 2.75) is 31.6 Å². The van der Waals surface area contributed by atoms with Crippen LogP contribution in [0.2, 0.25) is 0 Å². The van der Waals surface area contributed by atoms with Crippen LogP contribution in [-0.2, 0) is 14.9 Å². The lowest BCUT2D eigenvalue weighted by molar-refractivity contribution is -0.150. The number of carbonyl (C=O) groups is 1. The Balaban J connectivity index is 2.38. The fourth-order valence-corrected chi connectivity index (χ4v) is 2.47. The first kappa shape index (κ1) is 14.0. The van der Waals surface area contributed by atoms with Gasteiger partial charge in [-0.1, -0.05) is 25.0 Å². The van der Waals surface area contributed by atoms with Gasteiger partial charge in [-0.25, -0.2) is 4.39 Å². The van der Waals surface area contributed by atoms with Crippen molar-refractivity contribution in [2.75, 3.05) is 13.2 Å². The zero-order valence-electron chi connectivity index (χ0n) is 11.2. The summed E-state index contributed by atoms with van der Waals surface area (Å²) in [5, 5.41) is 0. The van der Waals surface area contributed by atoms with Crippen LogP contribution in [0.4, 0.5) is 4.39 Å². The molecule has 2 N–H and O–H groups in total. The minimum atomic E-state index is -0.903. The Morgan fingerprint density at radius 2 is 2.26 bits per heavy atom. The molecule has 4 heteroatoms. The van der Waals surface area contributed by atoms with E-state index in [9.17, 15) is 9.18 Å². The van der Waals surface area contributed by atoms with Gasteiger partial charge in [0.15, 0.2) is 0 Å². The monoisotopic (exact) mass is 265 g/mol. The smallest absolute Gasteiger partial charge is 0.317 e. The minimum Gasteiger partial charge on any atom is -0.465 e. The highest BCUT2D eigenvalue weighted by atomic mass is 19.1. The normalized spacial score (nSPS) is 17.8. The lowest BCUT2D eigenvalue weighted by atomic mass is 9.76. The number of esters is 1. The number of ether oxygens (including phenoxy) is 1. The predicted molar refractivity (Wildman–Crippen MR) is 71.1 cm³/mol. The molecule has 1 aliphatic carbocycles. The van der Waals surface area contributed by atoms with Gasteiger partial charge in [-0.15, -0.1) is 0 Å². The molecule has 104 valence electrons. The number of nitrogens with two attached hydrogens (primary N) is 1. The predicted octanol–water partition coefficient (Wildman–Crippen LogP) is 2.39. The molecule has 19 heavy (non-hydrogen) atoms. The summed E-state index contributed by atoms with van der Waals surface area (Å²) in [5.41, 5.74) is 5.60. The van der Waals surface area contributed by atoms with Gasteiger partial charge in [0.1, 0.15) is 11.2 Å². The summed E-state index contributed by atoms with van der Waals surface area (Å²) < 4.78 is 18.6. The SMILES string of the molecule is CCOC(=O)C(CN)(CC1CC1)c1cccc(F)c1. The fraction of sp³-hybridized carbons (Fsp3) is 0.533. The number of carbonyl (C=O) groups excluding carboxylic acids is 1. The number of hydrogen-bond acceptors (Lipinski definition) is 3. The van der Waals surface area contributed by atoms with Gasteiger partial charge in [0.05, 0.1) is 6.61 Å². The number of benzene rings is 1. The van der Waals surface area contributed by atoms with Gasteiger partial charge in [0, 0.05) is 6.54 Å². The molecular formula is C15H20FNO2. The first-order valence-electron chi connectivity index (χ1n) is 6.75. The van der Waals surface area contributed by atoms with Crippen molar-refractivity contribution in [3.63, 3.8) is 0 Å². The van der Waals surface area contributed by atoms with Gasteiger partial charge in [0.25, 0.3) is 0 Å². The van der Waals surface area contributed by atoms with Gasteiger partial charge >= 0.3 is 5.97 Å². The minimum absolute atomic E-state index is 0.145. The number of rotatable bonds is 6. The van der Waals surface area contributed by atoms with E-state index in [0.717, 1.165) is 12.8 Å². The highest BCUT2D eigenvalue weighted by Crippen LogP contribution is 2.42. The van der Waals surface area contributed by atoms with E-state index in [-0.39, 0.29) is 18.3 Å². The standard InChI is InChI=1S/C15H20FNO2/c1-2-19-14(18)15(10-17,9-11-6-7-11)12-4-3-5-13(16)8-12/h3-5,8,11H,2,6-7,9-10,17H2,1H3. The third kappa shape index (κ3) is 2.95. The van der Waals surface area contributed by atoms with Crippen molar-refractivity contribution in [3.05, 3.63) is 35.6 Å². The Bertz CT molecular complexity index is 459. The van der Waals surface area contributed by atoms with Crippen molar-refractivity contribution < 1.29 is 13.9 Å². The molecule has 0 heterocycles. The molecule has 0 aliphatic heterocycles. The Morgan fingerprint density at radius 3 is 2.79 bits per heavy atom. The zero-order valence-corrected chi connectivity index (χ0v) is 11.2. The third-order valence-electron chi connectivity index (χ3n) is 3.73. The molecular weight excluding hydrogens is 245 g/mol. The molecule has 1 aromatic carbocycles. The lowest BCUT2D eigenvalue weighted by Crippen LogP contribution is -2.44. The Morgan fingerprint density at radius 1 is 1.53 bits per heavy atom. The van der Waals surface area contributed by atoms with Gasteiger partial charge in [-0.3, -0.25) is 4.79 Å². The Kier molecular flexibility index (Phi) is 4.20. The van der Waals surface area contributed by atoms with Crippen LogP contribution in [0.3, 0.4) is 0 Å². The van der Waals surface area contributed by atoms with Crippen LogP contribution >= 0.6 is 0 Å². The molecule has 3 nitrogen and oxygen atoms in total. The van der Waals surface area contributed by atoms with E-state index in [1.54, 1.807) is 19.1 Å². The molecule has 2 rings (SSSR count). The first-order valence-corrected chi connectivity index (χ1v) is 6.75. The number of halogens is 1. The Hall–Kier alpha value is -1.42. The molecule has 1 aromatic rings. The van der Waals surface area contributed by atoms with Crippen LogP contribution in [0.25, 0.3) is 0 Å². The molecule has 1 unspecified atom stereocenters. The molecule has 1 fully saturated rings. The lowest BCUT2D eigenvalue weighted by Gasteiger charge is -2.30. The summed E-state index contributed by atoms with van der Waals surface area (Å²) in [6.45, 7) is 2.22. The highest BCUT2D eigenvalue weighted by molar-refractivity contribution is 5.83. The summed E-state index contributed by atoms with van der Waals surface area (Å²) >= 11 is 0. The van der Waals surface area contributed by atoms with Crippen molar-refractivity contribution in [1.29, 1.82) is 0 Å². The summed E-state index contributed by atoms with van der Waals surface area (Å²) in [5.74, 6) is -0.193. The molecule has 0 radical (unpaired) electrons.